The summed E-state index contributed by atoms with van der Waals surface area (Å²) in [5.74, 6) is -1.40. The zero-order valence-corrected chi connectivity index (χ0v) is 20.5. The summed E-state index contributed by atoms with van der Waals surface area (Å²) < 4.78 is 14.0. The molecular weight excluding hydrogens is 506 g/mol. The van der Waals surface area contributed by atoms with Crippen LogP contribution in [0, 0.1) is 5.82 Å². The molecule has 4 aromatic rings. The molecule has 2 amide bonds. The fourth-order valence-corrected chi connectivity index (χ4v) is 4.69. The molecule has 0 bridgehead atoms. The van der Waals surface area contributed by atoms with Gasteiger partial charge in [-0.05, 0) is 54.1 Å². The zero-order valence-electron chi connectivity index (χ0n) is 18.2. The van der Waals surface area contributed by atoms with Gasteiger partial charge >= 0.3 is 0 Å². The van der Waals surface area contributed by atoms with Crippen molar-refractivity contribution in [2.24, 2.45) is 0 Å². The van der Waals surface area contributed by atoms with Crippen LogP contribution in [-0.4, -0.2) is 11.8 Å². The van der Waals surface area contributed by atoms with Crippen molar-refractivity contribution in [3.05, 3.63) is 124 Å². The highest BCUT2D eigenvalue weighted by Crippen LogP contribution is 2.37. The molecule has 4 nitrogen and oxygen atoms in total. The van der Waals surface area contributed by atoms with Crippen LogP contribution in [0.4, 0.5) is 15.8 Å². The predicted octanol–water partition coefficient (Wildman–Crippen LogP) is 7.86. The summed E-state index contributed by atoms with van der Waals surface area (Å²) in [6.07, 6.45) is 0. The Bertz CT molecular complexity index is 1370. The second-order valence-electron chi connectivity index (χ2n) is 7.49. The van der Waals surface area contributed by atoms with Gasteiger partial charge in [0.05, 0.1) is 15.6 Å². The lowest BCUT2D eigenvalue weighted by Gasteiger charge is -2.18. The van der Waals surface area contributed by atoms with Gasteiger partial charge in [-0.2, -0.15) is 0 Å². The molecule has 0 heterocycles. The molecule has 0 aliphatic rings. The van der Waals surface area contributed by atoms with Gasteiger partial charge in [-0.25, -0.2) is 4.39 Å². The average molecular weight is 525 g/mol. The molecule has 8 heteroatoms. The maximum atomic E-state index is 14.0. The van der Waals surface area contributed by atoms with Crippen LogP contribution in [0.1, 0.15) is 21.2 Å². The Morgan fingerprint density at radius 1 is 0.743 bits per heavy atom. The number of thioether (sulfide) groups is 1. The third kappa shape index (κ3) is 6.42. The molecule has 1 atom stereocenters. The molecular formula is C27H19Cl2FN2O2S. The van der Waals surface area contributed by atoms with Crippen molar-refractivity contribution in [1.29, 1.82) is 0 Å². The zero-order chi connectivity index (χ0) is 24.8. The van der Waals surface area contributed by atoms with E-state index < -0.39 is 17.0 Å². The number of carbonyl (C=O) groups is 2. The van der Waals surface area contributed by atoms with Crippen molar-refractivity contribution in [2.75, 3.05) is 10.6 Å². The van der Waals surface area contributed by atoms with Gasteiger partial charge in [0.2, 0.25) is 5.91 Å². The summed E-state index contributed by atoms with van der Waals surface area (Å²) in [6.45, 7) is 0. The number of carbonyl (C=O) groups excluding carboxylic acids is 2. The van der Waals surface area contributed by atoms with Crippen molar-refractivity contribution in [1.82, 2.24) is 0 Å². The largest absolute Gasteiger partial charge is 0.325 e. The lowest BCUT2D eigenvalue weighted by molar-refractivity contribution is -0.115. The van der Waals surface area contributed by atoms with Crippen molar-refractivity contribution in [2.45, 2.75) is 10.1 Å². The van der Waals surface area contributed by atoms with Crippen LogP contribution in [-0.2, 0) is 4.79 Å². The van der Waals surface area contributed by atoms with Crippen LogP contribution in [0.25, 0.3) is 0 Å². The first kappa shape index (κ1) is 24.8. The van der Waals surface area contributed by atoms with E-state index in [0.29, 0.717) is 21.4 Å². The van der Waals surface area contributed by atoms with E-state index in [1.807, 2.05) is 36.4 Å². The fourth-order valence-electron chi connectivity index (χ4n) is 3.31. The van der Waals surface area contributed by atoms with Crippen LogP contribution in [0.3, 0.4) is 0 Å². The van der Waals surface area contributed by atoms with Gasteiger partial charge in [-0.1, -0.05) is 71.7 Å². The number of nitrogens with one attached hydrogen (secondary N) is 2. The number of amides is 2. The molecule has 0 aromatic heterocycles. The number of anilines is 2. The standard InChI is InChI=1S/C27H19Cl2FN2O2S/c28-22-14-13-19(16-23(22)29)32-27(34)25(17-7-2-1-3-8-17)35-20-10-6-9-18(15-20)31-26(33)21-11-4-5-12-24(21)30/h1-16,25H,(H,31,33)(H,32,34). The molecule has 0 fully saturated rings. The lowest BCUT2D eigenvalue weighted by atomic mass is 10.1. The molecule has 35 heavy (non-hydrogen) atoms. The highest BCUT2D eigenvalue weighted by atomic mass is 35.5. The Labute approximate surface area is 216 Å². The highest BCUT2D eigenvalue weighted by Gasteiger charge is 2.23. The quantitative estimate of drug-likeness (QED) is 0.242. The molecule has 0 aliphatic heterocycles. The predicted molar refractivity (Wildman–Crippen MR) is 141 cm³/mol. The average Bonchev–Trinajstić information content (AvgIpc) is 2.86. The van der Waals surface area contributed by atoms with E-state index in [-0.39, 0.29) is 11.5 Å². The van der Waals surface area contributed by atoms with Gasteiger partial charge in [0.1, 0.15) is 11.1 Å². The van der Waals surface area contributed by atoms with E-state index in [1.165, 1.54) is 30.0 Å². The lowest BCUT2D eigenvalue weighted by Crippen LogP contribution is -2.19. The minimum absolute atomic E-state index is 0.0475. The first-order chi connectivity index (χ1) is 16.9. The highest BCUT2D eigenvalue weighted by molar-refractivity contribution is 8.00. The van der Waals surface area contributed by atoms with Crippen molar-refractivity contribution >= 4 is 58.2 Å². The second kappa shape index (κ2) is 11.4. The Hall–Kier alpha value is -3.32. The maximum Gasteiger partial charge on any atom is 0.258 e. The van der Waals surface area contributed by atoms with Gasteiger partial charge < -0.3 is 10.6 Å². The number of rotatable bonds is 7. The van der Waals surface area contributed by atoms with Crippen molar-refractivity contribution in [3.8, 4) is 0 Å². The number of hydrogen-bond donors (Lipinski definition) is 2. The van der Waals surface area contributed by atoms with Crippen LogP contribution in [0.5, 0.6) is 0 Å². The Morgan fingerprint density at radius 3 is 2.20 bits per heavy atom. The Kier molecular flexibility index (Phi) is 8.08. The summed E-state index contributed by atoms with van der Waals surface area (Å²) >= 11 is 13.4. The molecule has 0 saturated heterocycles. The van der Waals surface area contributed by atoms with E-state index in [0.717, 1.165) is 10.5 Å². The Morgan fingerprint density at radius 2 is 1.46 bits per heavy atom. The molecule has 0 aliphatic carbocycles. The molecule has 0 spiro atoms. The first-order valence-corrected chi connectivity index (χ1v) is 12.2. The summed E-state index contributed by atoms with van der Waals surface area (Å²) in [6, 6.07) is 27.0. The molecule has 4 rings (SSSR count). The van der Waals surface area contributed by atoms with E-state index in [4.69, 9.17) is 23.2 Å². The summed E-state index contributed by atoms with van der Waals surface area (Å²) in [4.78, 5) is 26.5. The molecule has 4 aromatic carbocycles. The Balaban J connectivity index is 1.55. The van der Waals surface area contributed by atoms with Crippen molar-refractivity contribution in [3.63, 3.8) is 0 Å². The number of halogens is 3. The minimum Gasteiger partial charge on any atom is -0.325 e. The van der Waals surface area contributed by atoms with E-state index >= 15 is 0 Å². The monoisotopic (exact) mass is 524 g/mol. The van der Waals surface area contributed by atoms with Crippen LogP contribution in [0.2, 0.25) is 10.0 Å². The normalized spacial score (nSPS) is 11.5. The van der Waals surface area contributed by atoms with Crippen LogP contribution in [0.15, 0.2) is 102 Å². The first-order valence-electron chi connectivity index (χ1n) is 10.5. The SMILES string of the molecule is O=C(Nc1cccc(SC(C(=O)Nc2ccc(Cl)c(Cl)c2)c2ccccc2)c1)c1ccccc1F. The number of hydrogen-bond acceptors (Lipinski definition) is 3. The summed E-state index contributed by atoms with van der Waals surface area (Å²) in [5.41, 5.74) is 1.77. The molecule has 0 saturated carbocycles. The van der Waals surface area contributed by atoms with Gasteiger partial charge in [0.25, 0.3) is 5.91 Å². The van der Waals surface area contributed by atoms with E-state index in [1.54, 1.807) is 42.5 Å². The number of benzene rings is 4. The third-order valence-corrected chi connectivity index (χ3v) is 6.98. The molecule has 176 valence electrons. The molecule has 0 radical (unpaired) electrons. The van der Waals surface area contributed by atoms with E-state index in [2.05, 4.69) is 10.6 Å². The minimum atomic E-state index is -0.598. The van der Waals surface area contributed by atoms with Crippen molar-refractivity contribution < 1.29 is 14.0 Å². The maximum absolute atomic E-state index is 14.0. The summed E-state index contributed by atoms with van der Waals surface area (Å²) in [7, 11) is 0. The van der Waals surface area contributed by atoms with E-state index in [9.17, 15) is 14.0 Å². The van der Waals surface area contributed by atoms with Gasteiger partial charge in [0, 0.05) is 16.3 Å². The van der Waals surface area contributed by atoms with Gasteiger partial charge in [-0.3, -0.25) is 9.59 Å². The van der Waals surface area contributed by atoms with Crippen LogP contribution >= 0.6 is 35.0 Å². The molecule has 1 unspecified atom stereocenters. The third-order valence-electron chi connectivity index (χ3n) is 4.99. The smallest absolute Gasteiger partial charge is 0.258 e. The second-order valence-corrected chi connectivity index (χ2v) is 9.48. The molecule has 2 N–H and O–H groups in total. The fraction of sp³-hybridized carbons (Fsp3) is 0.0370. The topological polar surface area (TPSA) is 58.2 Å². The van der Waals surface area contributed by atoms with Crippen LogP contribution < -0.4 is 10.6 Å². The van der Waals surface area contributed by atoms with Gasteiger partial charge in [-0.15, -0.1) is 11.8 Å². The van der Waals surface area contributed by atoms with Gasteiger partial charge in [0.15, 0.2) is 0 Å². The summed E-state index contributed by atoms with van der Waals surface area (Å²) in [5, 5.41) is 5.74.